The molecule has 0 aromatic carbocycles. The fraction of sp³-hybridized carbons (Fsp3) is 0.800. The zero-order valence-corrected chi connectivity index (χ0v) is 27.7. The van der Waals surface area contributed by atoms with E-state index in [0.29, 0.717) is 13.2 Å². The predicted octanol–water partition coefficient (Wildman–Crippen LogP) is 10.5. The third-order valence-electron chi connectivity index (χ3n) is 11.8. The zero-order chi connectivity index (χ0) is 30.0. The van der Waals surface area contributed by atoms with Gasteiger partial charge < -0.3 is 14.2 Å². The van der Waals surface area contributed by atoms with Crippen LogP contribution in [0.15, 0.2) is 49.6 Å². The van der Waals surface area contributed by atoms with Crippen molar-refractivity contribution in [3.63, 3.8) is 0 Å². The van der Waals surface area contributed by atoms with Crippen molar-refractivity contribution in [1.29, 1.82) is 0 Å². The molecule has 4 rings (SSSR count). The minimum absolute atomic E-state index is 0.707. The second kappa shape index (κ2) is 20.8. The molecule has 43 heavy (non-hydrogen) atoms. The summed E-state index contributed by atoms with van der Waals surface area (Å²) in [6, 6.07) is 0. The monoisotopic (exact) mass is 595 g/mol. The highest BCUT2D eigenvalue weighted by Crippen LogP contribution is 2.43. The van der Waals surface area contributed by atoms with Gasteiger partial charge in [-0.25, -0.2) is 0 Å². The summed E-state index contributed by atoms with van der Waals surface area (Å²) < 4.78 is 17.3. The van der Waals surface area contributed by atoms with E-state index in [0.717, 1.165) is 73.8 Å². The summed E-state index contributed by atoms with van der Waals surface area (Å²) >= 11 is 0. The standard InChI is InChI=1S/C40H66O3/c1-3-27-42-31-35-15-23-39(24-16-35)37-19-11-33(12-20-37)9-5-7-29-41-30-8-6-10-34-13-21-38(22-14-34)40-25-17-36(18-26-40)32-43-28-4-2/h3-8,33-40H,1-2,9-32H2. The molecule has 4 fully saturated rings. The second-order valence-corrected chi connectivity index (χ2v) is 14.7. The molecule has 4 aliphatic carbocycles. The number of allylic oxidation sites excluding steroid dienone is 2. The fourth-order valence-electron chi connectivity index (χ4n) is 9.00. The van der Waals surface area contributed by atoms with Crippen molar-refractivity contribution >= 4 is 0 Å². The molecule has 0 aromatic heterocycles. The first-order chi connectivity index (χ1) is 21.2. The van der Waals surface area contributed by atoms with E-state index < -0.39 is 0 Å². The third-order valence-corrected chi connectivity index (χ3v) is 11.8. The first kappa shape index (κ1) is 34.7. The maximum absolute atomic E-state index is 5.88. The molecule has 0 atom stereocenters. The van der Waals surface area contributed by atoms with Gasteiger partial charge in [-0.2, -0.15) is 0 Å². The van der Waals surface area contributed by atoms with Crippen molar-refractivity contribution in [3.8, 4) is 0 Å². The molecule has 0 saturated heterocycles. The molecular formula is C40H66O3. The summed E-state index contributed by atoms with van der Waals surface area (Å²) in [4.78, 5) is 0. The molecule has 3 nitrogen and oxygen atoms in total. The Kier molecular flexibility index (Phi) is 16.8. The fourth-order valence-corrected chi connectivity index (χ4v) is 9.00. The predicted molar refractivity (Wildman–Crippen MR) is 182 cm³/mol. The first-order valence-corrected chi connectivity index (χ1v) is 18.5. The summed E-state index contributed by atoms with van der Waals surface area (Å²) in [6.07, 6.45) is 38.3. The van der Waals surface area contributed by atoms with Crippen LogP contribution in [0.3, 0.4) is 0 Å². The highest BCUT2D eigenvalue weighted by Gasteiger charge is 2.32. The lowest BCUT2D eigenvalue weighted by atomic mass is 9.69. The molecule has 0 N–H and O–H groups in total. The summed E-state index contributed by atoms with van der Waals surface area (Å²) in [6.45, 7) is 12.3. The molecule has 3 heteroatoms. The van der Waals surface area contributed by atoms with Crippen LogP contribution < -0.4 is 0 Å². The van der Waals surface area contributed by atoms with Crippen molar-refractivity contribution in [1.82, 2.24) is 0 Å². The zero-order valence-electron chi connectivity index (χ0n) is 27.7. The minimum atomic E-state index is 0.707. The maximum Gasteiger partial charge on any atom is 0.0651 e. The van der Waals surface area contributed by atoms with Gasteiger partial charge in [-0.3, -0.25) is 0 Å². The van der Waals surface area contributed by atoms with E-state index in [1.807, 2.05) is 12.2 Å². The van der Waals surface area contributed by atoms with Gasteiger partial charge in [0.2, 0.25) is 0 Å². The van der Waals surface area contributed by atoms with E-state index in [4.69, 9.17) is 14.2 Å². The number of ether oxygens (including phenoxy) is 3. The number of hydrogen-bond donors (Lipinski definition) is 0. The van der Waals surface area contributed by atoms with Crippen molar-refractivity contribution in [2.45, 2.75) is 116 Å². The highest BCUT2D eigenvalue weighted by atomic mass is 16.5. The van der Waals surface area contributed by atoms with Crippen LogP contribution in [0.2, 0.25) is 0 Å². The summed E-state index contributed by atoms with van der Waals surface area (Å²) in [7, 11) is 0. The van der Waals surface area contributed by atoms with Gasteiger partial charge in [0.25, 0.3) is 0 Å². The maximum atomic E-state index is 5.88. The summed E-state index contributed by atoms with van der Waals surface area (Å²) in [5, 5.41) is 0. The molecule has 0 aromatic rings. The van der Waals surface area contributed by atoms with Gasteiger partial charge >= 0.3 is 0 Å². The molecule has 0 amide bonds. The molecular weight excluding hydrogens is 528 g/mol. The van der Waals surface area contributed by atoms with Gasteiger partial charge in [0.1, 0.15) is 0 Å². The van der Waals surface area contributed by atoms with Gasteiger partial charge in [0.15, 0.2) is 0 Å². The Labute approximate surface area is 266 Å². The molecule has 0 radical (unpaired) electrons. The third kappa shape index (κ3) is 13.0. The van der Waals surface area contributed by atoms with Gasteiger partial charge in [-0.05, 0) is 163 Å². The average Bonchev–Trinajstić information content (AvgIpc) is 3.05. The van der Waals surface area contributed by atoms with Crippen molar-refractivity contribution in [3.05, 3.63) is 49.6 Å². The molecule has 4 saturated carbocycles. The first-order valence-electron chi connectivity index (χ1n) is 18.5. The lowest BCUT2D eigenvalue weighted by molar-refractivity contribution is 0.0785. The number of hydrogen-bond acceptors (Lipinski definition) is 3. The summed E-state index contributed by atoms with van der Waals surface area (Å²) in [5.41, 5.74) is 0. The van der Waals surface area contributed by atoms with Gasteiger partial charge in [0.05, 0.1) is 26.4 Å². The second-order valence-electron chi connectivity index (χ2n) is 14.7. The van der Waals surface area contributed by atoms with Crippen LogP contribution in [-0.4, -0.2) is 39.6 Å². The van der Waals surface area contributed by atoms with Crippen LogP contribution in [0.1, 0.15) is 116 Å². The van der Waals surface area contributed by atoms with Crippen LogP contribution in [0.25, 0.3) is 0 Å². The van der Waals surface area contributed by atoms with Crippen LogP contribution in [-0.2, 0) is 14.2 Å². The van der Waals surface area contributed by atoms with Crippen LogP contribution in [0.4, 0.5) is 0 Å². The van der Waals surface area contributed by atoms with Crippen molar-refractivity contribution in [2.24, 2.45) is 47.3 Å². The van der Waals surface area contributed by atoms with Gasteiger partial charge in [0, 0.05) is 13.2 Å². The SMILES string of the molecule is C=CCOCC1CCC(C2CCC(CC=CCOCC=CCC3CCC(C4CCC(COCC=C)CC4)CC3)CC2)CC1. The Balaban J connectivity index is 0.955. The normalized spacial score (nSPS) is 34.0. The van der Waals surface area contributed by atoms with Crippen LogP contribution in [0, 0.1) is 47.3 Å². The topological polar surface area (TPSA) is 27.7 Å². The van der Waals surface area contributed by atoms with E-state index in [1.54, 1.807) is 0 Å². The Bertz CT molecular complexity index is 719. The molecule has 4 aliphatic rings. The molecule has 0 bridgehead atoms. The Morgan fingerprint density at radius 2 is 0.698 bits per heavy atom. The Morgan fingerprint density at radius 1 is 0.372 bits per heavy atom. The van der Waals surface area contributed by atoms with E-state index in [2.05, 4.69) is 37.5 Å². The van der Waals surface area contributed by atoms with E-state index >= 15 is 0 Å². The number of rotatable bonds is 18. The van der Waals surface area contributed by atoms with E-state index in [9.17, 15) is 0 Å². The molecule has 0 aliphatic heterocycles. The lowest BCUT2D eigenvalue weighted by Crippen LogP contribution is -2.27. The van der Waals surface area contributed by atoms with Crippen LogP contribution in [0.5, 0.6) is 0 Å². The Morgan fingerprint density at radius 3 is 1.02 bits per heavy atom. The van der Waals surface area contributed by atoms with Crippen molar-refractivity contribution in [2.75, 3.05) is 39.6 Å². The lowest BCUT2D eigenvalue weighted by Gasteiger charge is -2.37. The van der Waals surface area contributed by atoms with Gasteiger partial charge in [-0.15, -0.1) is 13.2 Å². The molecule has 0 spiro atoms. The molecule has 0 heterocycles. The molecule has 0 unspecified atom stereocenters. The molecule has 244 valence electrons. The average molecular weight is 595 g/mol. The van der Waals surface area contributed by atoms with E-state index in [-0.39, 0.29) is 0 Å². The van der Waals surface area contributed by atoms with E-state index in [1.165, 1.54) is 116 Å². The Hall–Kier alpha value is -1.16. The van der Waals surface area contributed by atoms with Gasteiger partial charge in [-0.1, -0.05) is 36.5 Å². The van der Waals surface area contributed by atoms with Crippen molar-refractivity contribution < 1.29 is 14.2 Å². The van der Waals surface area contributed by atoms with Crippen LogP contribution >= 0.6 is 0 Å². The minimum Gasteiger partial charge on any atom is -0.377 e. The quantitative estimate of drug-likeness (QED) is 0.117. The smallest absolute Gasteiger partial charge is 0.0651 e. The largest absolute Gasteiger partial charge is 0.377 e. The summed E-state index contributed by atoms with van der Waals surface area (Å²) in [5.74, 6) is 7.29. The highest BCUT2D eigenvalue weighted by molar-refractivity contribution is 4.90.